The van der Waals surface area contributed by atoms with Crippen molar-refractivity contribution in [1.82, 2.24) is 4.90 Å². The Kier molecular flexibility index (Phi) is 6.56. The molecule has 108 valence electrons. The van der Waals surface area contributed by atoms with E-state index < -0.39 is 16.8 Å². The third kappa shape index (κ3) is 4.64. The lowest BCUT2D eigenvalue weighted by atomic mass is 10.2. The zero-order valence-corrected chi connectivity index (χ0v) is 11.8. The van der Waals surface area contributed by atoms with Crippen LogP contribution in [0.3, 0.4) is 0 Å². The highest BCUT2D eigenvalue weighted by molar-refractivity contribution is 8.14. The number of rotatable bonds is 8. The van der Waals surface area contributed by atoms with E-state index in [0.717, 1.165) is 16.7 Å². The number of nitrogens with zero attached hydrogens (tertiary/aromatic N) is 1. The molecule has 2 atom stereocenters. The molecule has 1 N–H and O–H groups in total. The summed E-state index contributed by atoms with van der Waals surface area (Å²) in [5.41, 5.74) is -1.44. The Hall–Kier alpha value is -0.830. The molecule has 0 spiro atoms. The number of halogens is 1. The van der Waals surface area contributed by atoms with Crippen LogP contribution in [0.15, 0.2) is 0 Å². The second-order valence-electron chi connectivity index (χ2n) is 3.67. The number of thioether (sulfide) groups is 1. The van der Waals surface area contributed by atoms with Crippen molar-refractivity contribution in [3.63, 3.8) is 0 Å². The molecule has 1 fully saturated rings. The van der Waals surface area contributed by atoms with Gasteiger partial charge in [-0.1, -0.05) is 23.4 Å². The largest absolute Gasteiger partial charge is 0.479 e. The van der Waals surface area contributed by atoms with Gasteiger partial charge in [-0.15, -0.1) is 0 Å². The number of carboxylic acids is 1. The van der Waals surface area contributed by atoms with Crippen molar-refractivity contribution in [3.8, 4) is 0 Å². The summed E-state index contributed by atoms with van der Waals surface area (Å²) in [6, 6.07) is 0. The molecule has 19 heavy (non-hydrogen) atoms. The Morgan fingerprint density at radius 1 is 1.58 bits per heavy atom. The number of alkyl halides is 1. The standard InChI is InChI=1S/C10H14ClNO6S/c1-17-2-3-18-5-8(14)19-7-4-6(13)12(7)9(11)10(15)16/h7,9H,2-5H2,1H3,(H,15,16). The normalized spacial score (nSPS) is 20.0. The highest BCUT2D eigenvalue weighted by atomic mass is 35.5. The van der Waals surface area contributed by atoms with Gasteiger partial charge in [-0.3, -0.25) is 9.59 Å². The molecule has 2 unspecified atom stereocenters. The van der Waals surface area contributed by atoms with Crippen LogP contribution in [0.25, 0.3) is 0 Å². The Morgan fingerprint density at radius 2 is 2.26 bits per heavy atom. The number of amides is 1. The van der Waals surface area contributed by atoms with Gasteiger partial charge < -0.3 is 19.5 Å². The van der Waals surface area contributed by atoms with Gasteiger partial charge in [0.15, 0.2) is 0 Å². The van der Waals surface area contributed by atoms with Crippen LogP contribution < -0.4 is 0 Å². The molecule has 0 aromatic rings. The van der Waals surface area contributed by atoms with E-state index in [2.05, 4.69) is 0 Å². The zero-order valence-electron chi connectivity index (χ0n) is 10.2. The molecule has 1 amide bonds. The van der Waals surface area contributed by atoms with Crippen LogP contribution in [-0.4, -0.2) is 64.8 Å². The summed E-state index contributed by atoms with van der Waals surface area (Å²) in [7, 11) is 1.52. The van der Waals surface area contributed by atoms with E-state index in [4.69, 9.17) is 26.2 Å². The first-order valence-corrected chi connectivity index (χ1v) is 6.73. The van der Waals surface area contributed by atoms with Gasteiger partial charge in [0.05, 0.1) is 25.0 Å². The number of β-lactam (4-membered cyclic amide) rings is 1. The van der Waals surface area contributed by atoms with E-state index in [1.165, 1.54) is 7.11 Å². The highest BCUT2D eigenvalue weighted by Crippen LogP contribution is 2.33. The predicted octanol–water partition coefficient (Wildman–Crippen LogP) is 0.117. The van der Waals surface area contributed by atoms with Crippen LogP contribution in [0.5, 0.6) is 0 Å². The molecular weight excluding hydrogens is 298 g/mol. The topological polar surface area (TPSA) is 93.1 Å². The Bertz CT molecular complexity index is 366. The number of likely N-dealkylation sites (tertiary alicyclic amines) is 1. The number of aliphatic carboxylic acids is 1. The molecule has 0 radical (unpaired) electrons. The van der Waals surface area contributed by atoms with E-state index in [1.54, 1.807) is 0 Å². The predicted molar refractivity (Wildman–Crippen MR) is 67.8 cm³/mol. The summed E-state index contributed by atoms with van der Waals surface area (Å²) < 4.78 is 9.77. The van der Waals surface area contributed by atoms with Crippen molar-refractivity contribution in [2.45, 2.75) is 17.3 Å². The molecule has 9 heteroatoms. The number of carbonyl (C=O) groups excluding carboxylic acids is 2. The quantitative estimate of drug-likeness (QED) is 0.294. The molecule has 7 nitrogen and oxygen atoms in total. The molecular formula is C10H14ClNO6S. The first-order chi connectivity index (χ1) is 8.97. The van der Waals surface area contributed by atoms with Gasteiger partial charge >= 0.3 is 5.97 Å². The van der Waals surface area contributed by atoms with Gasteiger partial charge in [-0.05, 0) is 0 Å². The summed E-state index contributed by atoms with van der Waals surface area (Å²) in [5.74, 6) is -1.70. The van der Waals surface area contributed by atoms with Gasteiger partial charge in [0.1, 0.15) is 6.61 Å². The van der Waals surface area contributed by atoms with Crippen molar-refractivity contribution in [2.75, 3.05) is 26.9 Å². The van der Waals surface area contributed by atoms with E-state index in [-0.39, 0.29) is 24.1 Å². The number of carboxylic acid groups (broad SMARTS) is 1. The van der Waals surface area contributed by atoms with Crippen LogP contribution in [0, 0.1) is 0 Å². The maximum atomic E-state index is 11.5. The minimum Gasteiger partial charge on any atom is -0.479 e. The third-order valence-corrected chi connectivity index (χ3v) is 3.76. The average Bonchev–Trinajstić information content (AvgIpc) is 2.33. The average molecular weight is 312 g/mol. The van der Waals surface area contributed by atoms with Gasteiger partial charge in [-0.25, -0.2) is 4.79 Å². The number of ether oxygens (including phenoxy) is 2. The monoisotopic (exact) mass is 311 g/mol. The SMILES string of the molecule is COCCOCC(=O)SC1CC(=O)N1C(Cl)C(=O)O. The maximum Gasteiger partial charge on any atom is 0.342 e. The first kappa shape index (κ1) is 16.2. The van der Waals surface area contributed by atoms with Gasteiger partial charge in [0.25, 0.3) is 0 Å². The maximum absolute atomic E-state index is 11.5. The lowest BCUT2D eigenvalue weighted by Gasteiger charge is -2.40. The molecule has 1 heterocycles. The van der Waals surface area contributed by atoms with Crippen molar-refractivity contribution in [3.05, 3.63) is 0 Å². The zero-order chi connectivity index (χ0) is 14.4. The Morgan fingerprint density at radius 3 is 2.79 bits per heavy atom. The summed E-state index contributed by atoms with van der Waals surface area (Å²) in [6.07, 6.45) is 0.102. The van der Waals surface area contributed by atoms with Crippen LogP contribution in [0.1, 0.15) is 6.42 Å². The number of hydrogen-bond acceptors (Lipinski definition) is 6. The minimum absolute atomic E-state index is 0.102. The van der Waals surface area contributed by atoms with Gasteiger partial charge in [0.2, 0.25) is 16.5 Å². The third-order valence-electron chi connectivity index (χ3n) is 2.31. The number of methoxy groups -OCH3 is 1. The van der Waals surface area contributed by atoms with Gasteiger partial charge in [0, 0.05) is 7.11 Å². The molecule has 0 aromatic heterocycles. The molecule has 0 aromatic carbocycles. The molecule has 1 rings (SSSR count). The fraction of sp³-hybridized carbons (Fsp3) is 0.700. The fourth-order valence-electron chi connectivity index (χ4n) is 1.37. The molecule has 0 saturated carbocycles. The summed E-state index contributed by atoms with van der Waals surface area (Å²) in [6.45, 7) is 0.560. The second kappa shape index (κ2) is 7.68. The van der Waals surface area contributed by atoms with E-state index in [1.807, 2.05) is 0 Å². The minimum atomic E-state index is -1.44. The number of hydrogen-bond donors (Lipinski definition) is 1. The van der Waals surface area contributed by atoms with E-state index in [0.29, 0.717) is 13.2 Å². The van der Waals surface area contributed by atoms with E-state index >= 15 is 0 Å². The second-order valence-corrected chi connectivity index (χ2v) is 5.32. The van der Waals surface area contributed by atoms with Crippen molar-refractivity contribution >= 4 is 40.4 Å². The van der Waals surface area contributed by atoms with Crippen molar-refractivity contribution < 1.29 is 29.0 Å². The Balaban J connectivity index is 2.34. The number of carbonyl (C=O) groups is 3. The first-order valence-electron chi connectivity index (χ1n) is 5.41. The van der Waals surface area contributed by atoms with Crippen molar-refractivity contribution in [1.29, 1.82) is 0 Å². The molecule has 1 saturated heterocycles. The van der Waals surface area contributed by atoms with Crippen LogP contribution in [-0.2, 0) is 23.9 Å². The molecule has 0 bridgehead atoms. The summed E-state index contributed by atoms with van der Waals surface area (Å²) in [5, 5.41) is 7.91. The van der Waals surface area contributed by atoms with Crippen LogP contribution in [0.2, 0.25) is 0 Å². The van der Waals surface area contributed by atoms with Crippen LogP contribution >= 0.6 is 23.4 Å². The Labute approximate surface area is 119 Å². The van der Waals surface area contributed by atoms with Crippen LogP contribution in [0.4, 0.5) is 0 Å². The lowest BCUT2D eigenvalue weighted by Crippen LogP contribution is -2.56. The fourth-order valence-corrected chi connectivity index (χ4v) is 2.72. The summed E-state index contributed by atoms with van der Waals surface area (Å²) >= 11 is 6.42. The van der Waals surface area contributed by atoms with E-state index in [9.17, 15) is 14.4 Å². The highest BCUT2D eigenvalue weighted by Gasteiger charge is 2.44. The lowest BCUT2D eigenvalue weighted by molar-refractivity contribution is -0.153. The van der Waals surface area contributed by atoms with Gasteiger partial charge in [-0.2, -0.15) is 0 Å². The summed E-state index contributed by atoms with van der Waals surface area (Å²) in [4.78, 5) is 34.5. The molecule has 0 aliphatic carbocycles. The molecule has 1 aliphatic heterocycles. The smallest absolute Gasteiger partial charge is 0.342 e. The van der Waals surface area contributed by atoms with Crippen molar-refractivity contribution in [2.24, 2.45) is 0 Å². The molecule has 1 aliphatic rings.